The number of aliphatic hydroxyl groups is 1. The first-order valence-corrected chi connectivity index (χ1v) is 6.42. The molecule has 0 heterocycles. The zero-order valence-electron chi connectivity index (χ0n) is 11.3. The molecule has 1 aromatic carbocycles. The predicted molar refractivity (Wildman–Crippen MR) is 71.5 cm³/mol. The molecule has 0 aromatic heterocycles. The molecule has 0 bridgehead atoms. The van der Waals surface area contributed by atoms with Crippen LogP contribution in [0.5, 0.6) is 5.75 Å². The van der Waals surface area contributed by atoms with Crippen molar-refractivity contribution in [1.82, 2.24) is 0 Å². The smallest absolute Gasteiger partial charge is 0.122 e. The van der Waals surface area contributed by atoms with Crippen molar-refractivity contribution >= 4 is 0 Å². The zero-order valence-corrected chi connectivity index (χ0v) is 11.3. The van der Waals surface area contributed by atoms with E-state index >= 15 is 0 Å². The Morgan fingerprint density at radius 2 is 1.76 bits per heavy atom. The molecule has 0 amide bonds. The Labute approximate surface area is 105 Å². The highest BCUT2D eigenvalue weighted by Crippen LogP contribution is 2.26. The average Bonchev–Trinajstić information content (AvgIpc) is 2.29. The summed E-state index contributed by atoms with van der Waals surface area (Å²) in [5.74, 6) is 1.69. The van der Waals surface area contributed by atoms with E-state index in [1.807, 2.05) is 32.0 Å². The van der Waals surface area contributed by atoms with Crippen molar-refractivity contribution in [2.24, 2.45) is 5.92 Å². The monoisotopic (exact) mass is 236 g/mol. The van der Waals surface area contributed by atoms with E-state index in [2.05, 4.69) is 19.9 Å². The molecule has 0 aliphatic heterocycles. The lowest BCUT2D eigenvalue weighted by Crippen LogP contribution is -2.18. The van der Waals surface area contributed by atoms with Crippen LogP contribution in [0.2, 0.25) is 0 Å². The van der Waals surface area contributed by atoms with Crippen LogP contribution in [0.15, 0.2) is 24.3 Å². The number of rotatable bonds is 6. The Morgan fingerprint density at radius 1 is 1.12 bits per heavy atom. The lowest BCUT2D eigenvalue weighted by atomic mass is 10.0. The summed E-state index contributed by atoms with van der Waals surface area (Å²) in [6.07, 6.45) is 0.408. The predicted octanol–water partition coefficient (Wildman–Crippen LogP) is 3.60. The van der Waals surface area contributed by atoms with Gasteiger partial charge in [-0.1, -0.05) is 45.9 Å². The van der Waals surface area contributed by atoms with Crippen molar-refractivity contribution in [3.8, 4) is 5.75 Å². The van der Waals surface area contributed by atoms with Crippen molar-refractivity contribution in [2.75, 3.05) is 6.61 Å². The molecule has 0 saturated heterocycles. The van der Waals surface area contributed by atoms with Gasteiger partial charge in [0.1, 0.15) is 5.75 Å². The molecule has 0 saturated carbocycles. The number of para-hydroxylation sites is 1. The normalized spacial score (nSPS) is 13.1. The van der Waals surface area contributed by atoms with Crippen molar-refractivity contribution in [3.05, 3.63) is 29.8 Å². The summed E-state index contributed by atoms with van der Waals surface area (Å²) in [4.78, 5) is 0. The average molecular weight is 236 g/mol. The highest BCUT2D eigenvalue weighted by atomic mass is 16.5. The molecule has 2 nitrogen and oxygen atoms in total. The molecule has 17 heavy (non-hydrogen) atoms. The van der Waals surface area contributed by atoms with Crippen LogP contribution in [-0.2, 0) is 0 Å². The van der Waals surface area contributed by atoms with E-state index in [-0.39, 0.29) is 6.10 Å². The van der Waals surface area contributed by atoms with Gasteiger partial charge in [-0.3, -0.25) is 0 Å². The third kappa shape index (κ3) is 4.39. The summed E-state index contributed by atoms with van der Waals surface area (Å²) >= 11 is 0. The molecule has 1 unspecified atom stereocenters. The van der Waals surface area contributed by atoms with Crippen molar-refractivity contribution in [2.45, 2.75) is 46.1 Å². The first-order valence-electron chi connectivity index (χ1n) is 6.42. The maximum atomic E-state index is 9.70. The molecule has 0 aliphatic rings. The van der Waals surface area contributed by atoms with Gasteiger partial charge < -0.3 is 9.84 Å². The summed E-state index contributed by atoms with van der Waals surface area (Å²) in [7, 11) is 0. The van der Waals surface area contributed by atoms with Crippen LogP contribution in [-0.4, -0.2) is 17.8 Å². The Balaban J connectivity index is 2.52. The summed E-state index contributed by atoms with van der Waals surface area (Å²) in [6.45, 7) is 8.93. The molecule has 1 rings (SSSR count). The molecule has 1 N–H and O–H groups in total. The van der Waals surface area contributed by atoms with E-state index in [9.17, 15) is 5.11 Å². The fourth-order valence-corrected chi connectivity index (χ4v) is 1.71. The first-order chi connectivity index (χ1) is 8.02. The van der Waals surface area contributed by atoms with E-state index in [0.29, 0.717) is 24.9 Å². The fraction of sp³-hybridized carbons (Fsp3) is 0.600. The van der Waals surface area contributed by atoms with Gasteiger partial charge in [-0.05, 0) is 23.5 Å². The number of benzene rings is 1. The van der Waals surface area contributed by atoms with Gasteiger partial charge in [-0.25, -0.2) is 0 Å². The molecule has 96 valence electrons. The maximum absolute atomic E-state index is 9.70. The van der Waals surface area contributed by atoms with Gasteiger partial charge in [0.2, 0.25) is 0 Å². The second-order valence-corrected chi connectivity index (χ2v) is 5.14. The lowest BCUT2D eigenvalue weighted by molar-refractivity contribution is 0.0974. The quantitative estimate of drug-likeness (QED) is 0.817. The molecule has 0 aliphatic carbocycles. The van der Waals surface area contributed by atoms with E-state index in [0.717, 1.165) is 5.75 Å². The summed E-state index contributed by atoms with van der Waals surface area (Å²) < 4.78 is 5.76. The number of ether oxygens (including phenoxy) is 1. The van der Waals surface area contributed by atoms with E-state index in [1.165, 1.54) is 5.56 Å². The molecule has 2 heteroatoms. The Hall–Kier alpha value is -1.02. The minimum absolute atomic E-state index is 0.277. The van der Waals surface area contributed by atoms with Gasteiger partial charge in [-0.15, -0.1) is 0 Å². The molecular formula is C15H24O2. The van der Waals surface area contributed by atoms with E-state index < -0.39 is 0 Å². The third-order valence-corrected chi connectivity index (χ3v) is 2.98. The van der Waals surface area contributed by atoms with E-state index in [1.54, 1.807) is 0 Å². The summed E-state index contributed by atoms with van der Waals surface area (Å²) in [6, 6.07) is 8.11. The number of aliphatic hydroxyl groups excluding tert-OH is 1. The largest absolute Gasteiger partial charge is 0.493 e. The number of hydrogen-bond donors (Lipinski definition) is 1. The van der Waals surface area contributed by atoms with E-state index in [4.69, 9.17) is 4.74 Å². The highest BCUT2D eigenvalue weighted by molar-refractivity contribution is 5.35. The van der Waals surface area contributed by atoms with Gasteiger partial charge in [-0.2, -0.15) is 0 Å². The van der Waals surface area contributed by atoms with Crippen LogP contribution >= 0.6 is 0 Å². The zero-order chi connectivity index (χ0) is 12.8. The van der Waals surface area contributed by atoms with Crippen LogP contribution in [0.3, 0.4) is 0 Å². The standard InChI is InChI=1S/C15H24O2/c1-11(2)13-7-5-6-8-15(13)17-10-9-14(16)12(3)4/h5-8,11-12,14,16H,9-10H2,1-4H3. The molecule has 0 fully saturated rings. The molecule has 1 atom stereocenters. The van der Waals surface area contributed by atoms with Gasteiger partial charge in [0, 0.05) is 6.42 Å². The first kappa shape index (κ1) is 14.0. The van der Waals surface area contributed by atoms with Crippen molar-refractivity contribution in [1.29, 1.82) is 0 Å². The van der Waals surface area contributed by atoms with Gasteiger partial charge in [0.05, 0.1) is 12.7 Å². The van der Waals surface area contributed by atoms with Crippen molar-refractivity contribution in [3.63, 3.8) is 0 Å². The molecule has 1 aromatic rings. The van der Waals surface area contributed by atoms with Gasteiger partial charge in [0.25, 0.3) is 0 Å². The fourth-order valence-electron chi connectivity index (χ4n) is 1.71. The van der Waals surface area contributed by atoms with Crippen LogP contribution in [0.4, 0.5) is 0 Å². The highest BCUT2D eigenvalue weighted by Gasteiger charge is 2.10. The summed E-state index contributed by atoms with van der Waals surface area (Å²) in [5, 5.41) is 9.70. The second kappa shape index (κ2) is 6.65. The van der Waals surface area contributed by atoms with Crippen LogP contribution in [0.1, 0.15) is 45.6 Å². The lowest BCUT2D eigenvalue weighted by Gasteiger charge is -2.17. The Kier molecular flexibility index (Phi) is 5.49. The Bertz CT molecular complexity index is 331. The van der Waals surface area contributed by atoms with Crippen LogP contribution in [0, 0.1) is 5.92 Å². The topological polar surface area (TPSA) is 29.5 Å². The summed E-state index contributed by atoms with van der Waals surface area (Å²) in [5.41, 5.74) is 1.23. The van der Waals surface area contributed by atoms with Gasteiger partial charge >= 0.3 is 0 Å². The molecule has 0 radical (unpaired) electrons. The van der Waals surface area contributed by atoms with Crippen molar-refractivity contribution < 1.29 is 9.84 Å². The van der Waals surface area contributed by atoms with Crippen LogP contribution < -0.4 is 4.74 Å². The minimum Gasteiger partial charge on any atom is -0.493 e. The van der Waals surface area contributed by atoms with Gasteiger partial charge in [0.15, 0.2) is 0 Å². The SMILES string of the molecule is CC(C)c1ccccc1OCCC(O)C(C)C. The third-order valence-electron chi connectivity index (χ3n) is 2.98. The molecule has 0 spiro atoms. The Morgan fingerprint density at radius 3 is 2.35 bits per heavy atom. The van der Waals surface area contributed by atoms with Crippen LogP contribution in [0.25, 0.3) is 0 Å². The molecular weight excluding hydrogens is 212 g/mol. The minimum atomic E-state index is -0.277. The maximum Gasteiger partial charge on any atom is 0.122 e. The second-order valence-electron chi connectivity index (χ2n) is 5.14. The number of hydrogen-bond acceptors (Lipinski definition) is 2.